The normalized spacial score (nSPS) is 27.7. The summed E-state index contributed by atoms with van der Waals surface area (Å²) in [6.07, 6.45) is -0.463. The Kier molecular flexibility index (Phi) is 2.87. The predicted octanol–water partition coefficient (Wildman–Crippen LogP) is -0.557. The number of likely N-dealkylation sites (tertiary alicyclic amines) is 1. The van der Waals surface area contributed by atoms with E-state index in [2.05, 4.69) is 0 Å². The Balaban J connectivity index is 2.52. The summed E-state index contributed by atoms with van der Waals surface area (Å²) in [5, 5.41) is 17.6. The van der Waals surface area contributed by atoms with Crippen LogP contribution in [-0.4, -0.2) is 45.7 Å². The molecule has 0 saturated carbocycles. The van der Waals surface area contributed by atoms with E-state index in [1.54, 1.807) is 6.92 Å². The maximum atomic E-state index is 11.2. The molecule has 1 rings (SSSR count). The van der Waals surface area contributed by atoms with E-state index in [4.69, 9.17) is 5.11 Å². The lowest BCUT2D eigenvalue weighted by Gasteiger charge is -2.19. The summed E-state index contributed by atoms with van der Waals surface area (Å²) in [5.74, 6) is -1.55. The van der Waals surface area contributed by atoms with Crippen molar-refractivity contribution < 1.29 is 19.8 Å². The van der Waals surface area contributed by atoms with Crippen LogP contribution < -0.4 is 0 Å². The van der Waals surface area contributed by atoms with Gasteiger partial charge in [0, 0.05) is 12.6 Å². The van der Waals surface area contributed by atoms with Crippen LogP contribution in [0.25, 0.3) is 0 Å². The Morgan fingerprint density at radius 2 is 2.15 bits per heavy atom. The number of carboxylic acids is 1. The first-order valence-electron chi connectivity index (χ1n) is 4.20. The first kappa shape index (κ1) is 9.98. The molecule has 1 fully saturated rings. The van der Waals surface area contributed by atoms with E-state index in [1.165, 1.54) is 4.90 Å². The first-order valence-corrected chi connectivity index (χ1v) is 4.20. The highest BCUT2D eigenvalue weighted by atomic mass is 16.4. The van der Waals surface area contributed by atoms with Crippen molar-refractivity contribution in [1.82, 2.24) is 4.90 Å². The number of amides is 1. The number of rotatable bonds is 2. The molecule has 0 aromatic rings. The zero-order valence-corrected chi connectivity index (χ0v) is 7.43. The Hall–Kier alpha value is -1.10. The van der Waals surface area contributed by atoms with Gasteiger partial charge in [0.1, 0.15) is 6.42 Å². The zero-order chi connectivity index (χ0) is 10.0. The molecule has 5 heteroatoms. The summed E-state index contributed by atoms with van der Waals surface area (Å²) >= 11 is 0. The quantitative estimate of drug-likeness (QED) is 0.568. The van der Waals surface area contributed by atoms with Crippen LogP contribution in [0.5, 0.6) is 0 Å². The lowest BCUT2D eigenvalue weighted by Crippen LogP contribution is -2.35. The standard InChI is InChI=1S/C8H13NO4/c1-5-2-6(10)4-9(5)7(11)3-8(12)13/h5-6,10H,2-4H2,1H3,(H,12,13)/t5-,6-/m1/s1. The average molecular weight is 187 g/mol. The maximum Gasteiger partial charge on any atom is 0.312 e. The highest BCUT2D eigenvalue weighted by Gasteiger charge is 2.31. The van der Waals surface area contributed by atoms with E-state index < -0.39 is 24.4 Å². The van der Waals surface area contributed by atoms with E-state index in [1.807, 2.05) is 0 Å². The predicted molar refractivity (Wildman–Crippen MR) is 44.1 cm³/mol. The molecule has 0 radical (unpaired) electrons. The molecule has 0 spiro atoms. The van der Waals surface area contributed by atoms with Crippen molar-refractivity contribution in [2.75, 3.05) is 6.54 Å². The van der Waals surface area contributed by atoms with Gasteiger partial charge in [-0.3, -0.25) is 9.59 Å². The van der Waals surface area contributed by atoms with Crippen LogP contribution in [0.2, 0.25) is 0 Å². The Morgan fingerprint density at radius 3 is 2.54 bits per heavy atom. The summed E-state index contributed by atoms with van der Waals surface area (Å²) in [6, 6.07) is -0.0538. The molecule has 1 heterocycles. The number of carbonyl (C=O) groups excluding carboxylic acids is 1. The van der Waals surface area contributed by atoms with Crippen LogP contribution >= 0.6 is 0 Å². The van der Waals surface area contributed by atoms with Crippen LogP contribution in [0.4, 0.5) is 0 Å². The third-order valence-corrected chi connectivity index (χ3v) is 2.18. The lowest BCUT2D eigenvalue weighted by molar-refractivity contribution is -0.144. The Labute approximate surface area is 76.0 Å². The molecule has 0 aliphatic carbocycles. The zero-order valence-electron chi connectivity index (χ0n) is 7.43. The molecule has 1 aliphatic rings. The molecule has 2 atom stereocenters. The molecule has 0 bridgehead atoms. The van der Waals surface area contributed by atoms with Crippen molar-refractivity contribution in [3.63, 3.8) is 0 Å². The number of hydrogen-bond donors (Lipinski definition) is 2. The van der Waals surface area contributed by atoms with E-state index in [-0.39, 0.29) is 12.6 Å². The second-order valence-corrected chi connectivity index (χ2v) is 3.36. The van der Waals surface area contributed by atoms with Gasteiger partial charge in [0.15, 0.2) is 0 Å². The molecule has 2 N–H and O–H groups in total. The number of β-amino-alcohol motifs (C(OH)–C–C–N with tert-alkyl or cyclic N) is 1. The highest BCUT2D eigenvalue weighted by Crippen LogP contribution is 2.17. The molecule has 0 aromatic heterocycles. The average Bonchev–Trinajstić information content (AvgIpc) is 2.28. The second-order valence-electron chi connectivity index (χ2n) is 3.36. The van der Waals surface area contributed by atoms with Gasteiger partial charge in [-0.1, -0.05) is 0 Å². The van der Waals surface area contributed by atoms with Crippen molar-refractivity contribution in [3.05, 3.63) is 0 Å². The topological polar surface area (TPSA) is 77.8 Å². The smallest absolute Gasteiger partial charge is 0.312 e. The number of aliphatic hydroxyl groups excluding tert-OH is 1. The monoisotopic (exact) mass is 187 g/mol. The van der Waals surface area contributed by atoms with Gasteiger partial charge < -0.3 is 15.1 Å². The molecule has 1 saturated heterocycles. The third-order valence-electron chi connectivity index (χ3n) is 2.18. The number of nitrogens with zero attached hydrogens (tertiary/aromatic N) is 1. The van der Waals surface area contributed by atoms with Gasteiger partial charge in [0.25, 0.3) is 0 Å². The van der Waals surface area contributed by atoms with Gasteiger partial charge in [0.05, 0.1) is 6.10 Å². The maximum absolute atomic E-state index is 11.2. The Morgan fingerprint density at radius 1 is 1.54 bits per heavy atom. The van der Waals surface area contributed by atoms with Gasteiger partial charge in [-0.25, -0.2) is 0 Å². The van der Waals surface area contributed by atoms with Crippen LogP contribution in [-0.2, 0) is 9.59 Å². The minimum Gasteiger partial charge on any atom is -0.481 e. The third kappa shape index (κ3) is 2.42. The summed E-state index contributed by atoms with van der Waals surface area (Å²) in [7, 11) is 0. The molecule has 1 aliphatic heterocycles. The summed E-state index contributed by atoms with van der Waals surface area (Å²) < 4.78 is 0. The number of carbonyl (C=O) groups is 2. The van der Waals surface area contributed by atoms with Crippen molar-refractivity contribution in [1.29, 1.82) is 0 Å². The van der Waals surface area contributed by atoms with Gasteiger partial charge in [0.2, 0.25) is 5.91 Å². The van der Waals surface area contributed by atoms with Gasteiger partial charge in [-0.15, -0.1) is 0 Å². The molecule has 0 aromatic carbocycles. The largest absolute Gasteiger partial charge is 0.481 e. The summed E-state index contributed by atoms with van der Waals surface area (Å²) in [5.41, 5.74) is 0. The fourth-order valence-electron chi connectivity index (χ4n) is 1.58. The fourth-order valence-corrected chi connectivity index (χ4v) is 1.58. The van der Waals surface area contributed by atoms with Crippen molar-refractivity contribution in [3.8, 4) is 0 Å². The van der Waals surface area contributed by atoms with Crippen LogP contribution in [0.3, 0.4) is 0 Å². The first-order chi connectivity index (χ1) is 6.00. The van der Waals surface area contributed by atoms with Gasteiger partial charge in [-0.05, 0) is 13.3 Å². The molecular formula is C8H13NO4. The van der Waals surface area contributed by atoms with E-state index >= 15 is 0 Å². The van der Waals surface area contributed by atoms with E-state index in [0.29, 0.717) is 6.42 Å². The van der Waals surface area contributed by atoms with Gasteiger partial charge >= 0.3 is 5.97 Å². The van der Waals surface area contributed by atoms with E-state index in [0.717, 1.165) is 0 Å². The Bertz CT molecular complexity index is 228. The molecule has 5 nitrogen and oxygen atoms in total. The molecule has 1 amide bonds. The fraction of sp³-hybridized carbons (Fsp3) is 0.750. The van der Waals surface area contributed by atoms with Crippen LogP contribution in [0, 0.1) is 0 Å². The SMILES string of the molecule is C[C@@H]1C[C@@H](O)CN1C(=O)CC(=O)O. The minimum atomic E-state index is -1.13. The summed E-state index contributed by atoms with van der Waals surface area (Å²) in [4.78, 5) is 22.9. The number of hydrogen-bond acceptors (Lipinski definition) is 3. The minimum absolute atomic E-state index is 0.0538. The second kappa shape index (κ2) is 3.74. The van der Waals surface area contributed by atoms with Crippen molar-refractivity contribution >= 4 is 11.9 Å². The molecule has 0 unspecified atom stereocenters. The molecular weight excluding hydrogens is 174 g/mol. The number of aliphatic hydroxyl groups is 1. The van der Waals surface area contributed by atoms with E-state index in [9.17, 15) is 14.7 Å². The van der Waals surface area contributed by atoms with Crippen LogP contribution in [0.15, 0.2) is 0 Å². The van der Waals surface area contributed by atoms with Crippen molar-refractivity contribution in [2.24, 2.45) is 0 Å². The highest BCUT2D eigenvalue weighted by molar-refractivity contribution is 5.93. The molecule has 13 heavy (non-hydrogen) atoms. The molecule has 74 valence electrons. The van der Waals surface area contributed by atoms with Crippen LogP contribution in [0.1, 0.15) is 19.8 Å². The number of aliphatic carboxylic acids is 1. The lowest BCUT2D eigenvalue weighted by atomic mass is 10.2. The summed E-state index contributed by atoms with van der Waals surface area (Å²) in [6.45, 7) is 2.06. The van der Waals surface area contributed by atoms with Crippen molar-refractivity contribution in [2.45, 2.75) is 31.9 Å². The van der Waals surface area contributed by atoms with Gasteiger partial charge in [-0.2, -0.15) is 0 Å². The number of carboxylic acid groups (broad SMARTS) is 1.